The molecule has 2 rings (SSSR count). The van der Waals surface area contributed by atoms with E-state index in [9.17, 15) is 4.79 Å². The summed E-state index contributed by atoms with van der Waals surface area (Å²) in [6.45, 7) is 1.92. The molecule has 2 N–H and O–H groups in total. The molecule has 1 saturated heterocycles. The van der Waals surface area contributed by atoms with Crippen molar-refractivity contribution in [2.75, 3.05) is 20.2 Å². The van der Waals surface area contributed by atoms with Crippen LogP contribution in [-0.2, 0) is 0 Å². The summed E-state index contributed by atoms with van der Waals surface area (Å²) in [5.41, 5.74) is 0. The molecule has 0 radical (unpaired) electrons. The van der Waals surface area contributed by atoms with E-state index >= 15 is 0 Å². The van der Waals surface area contributed by atoms with Crippen molar-refractivity contribution in [2.45, 2.75) is 18.9 Å². The highest BCUT2D eigenvalue weighted by Crippen LogP contribution is 2.21. The summed E-state index contributed by atoms with van der Waals surface area (Å²) in [6.07, 6.45) is 2.18. The van der Waals surface area contributed by atoms with Crippen molar-refractivity contribution in [3.8, 4) is 5.75 Å². The van der Waals surface area contributed by atoms with Crippen molar-refractivity contribution in [1.29, 1.82) is 0 Å². The summed E-state index contributed by atoms with van der Waals surface area (Å²) in [7, 11) is 1.61. The van der Waals surface area contributed by atoms with Crippen LogP contribution in [0.4, 0.5) is 0 Å². The van der Waals surface area contributed by atoms with Crippen LogP contribution in [0, 0.1) is 0 Å². The van der Waals surface area contributed by atoms with Gasteiger partial charge in [0.25, 0.3) is 5.91 Å². The van der Waals surface area contributed by atoms with E-state index in [1.54, 1.807) is 13.2 Å². The van der Waals surface area contributed by atoms with Crippen LogP contribution in [0.3, 0.4) is 0 Å². The van der Waals surface area contributed by atoms with E-state index in [2.05, 4.69) is 10.6 Å². The van der Waals surface area contributed by atoms with Gasteiger partial charge in [-0.1, -0.05) is 0 Å². The molecule has 0 spiro atoms. The van der Waals surface area contributed by atoms with Crippen LogP contribution in [0.25, 0.3) is 0 Å². The van der Waals surface area contributed by atoms with E-state index in [1.165, 1.54) is 11.3 Å². The van der Waals surface area contributed by atoms with Gasteiger partial charge < -0.3 is 15.4 Å². The Balaban J connectivity index is 0.00000144. The van der Waals surface area contributed by atoms with Gasteiger partial charge in [0, 0.05) is 24.0 Å². The zero-order valence-electron chi connectivity index (χ0n) is 9.69. The second-order valence-corrected chi connectivity index (χ2v) is 4.78. The monoisotopic (exact) mass is 276 g/mol. The van der Waals surface area contributed by atoms with Crippen LogP contribution in [0.2, 0.25) is 0 Å². The Kier molecular flexibility index (Phi) is 5.74. The maximum Gasteiger partial charge on any atom is 0.261 e. The van der Waals surface area contributed by atoms with Crippen LogP contribution in [0.15, 0.2) is 11.4 Å². The lowest BCUT2D eigenvalue weighted by Gasteiger charge is -2.23. The van der Waals surface area contributed by atoms with E-state index in [-0.39, 0.29) is 24.4 Å². The molecule has 0 unspecified atom stereocenters. The number of nitrogens with one attached hydrogen (secondary N) is 2. The maximum atomic E-state index is 11.9. The summed E-state index contributed by atoms with van der Waals surface area (Å²) in [5, 5.41) is 8.14. The smallest absolute Gasteiger partial charge is 0.261 e. The SMILES string of the molecule is COc1csc(C(=O)N[C@@H]2CCCNC2)c1.Cl. The summed E-state index contributed by atoms with van der Waals surface area (Å²) >= 11 is 1.41. The molecule has 17 heavy (non-hydrogen) atoms. The quantitative estimate of drug-likeness (QED) is 0.883. The Labute approximate surface area is 111 Å². The molecule has 1 aliphatic rings. The van der Waals surface area contributed by atoms with Crippen LogP contribution < -0.4 is 15.4 Å². The number of carbonyl (C=O) groups excluding carboxylic acids is 1. The molecular weight excluding hydrogens is 260 g/mol. The lowest BCUT2D eigenvalue weighted by molar-refractivity contribution is 0.0934. The van der Waals surface area contributed by atoms with Gasteiger partial charge in [-0.15, -0.1) is 23.7 Å². The Morgan fingerprint density at radius 2 is 2.47 bits per heavy atom. The van der Waals surface area contributed by atoms with Gasteiger partial charge in [0.2, 0.25) is 0 Å². The predicted octanol–water partition coefficient (Wildman–Crippen LogP) is 1.66. The Bertz CT molecular complexity index is 364. The lowest BCUT2D eigenvalue weighted by atomic mass is 10.1. The zero-order chi connectivity index (χ0) is 11.4. The van der Waals surface area contributed by atoms with Crippen LogP contribution in [-0.4, -0.2) is 32.1 Å². The Morgan fingerprint density at radius 1 is 1.65 bits per heavy atom. The fourth-order valence-electron chi connectivity index (χ4n) is 1.78. The van der Waals surface area contributed by atoms with E-state index in [4.69, 9.17) is 4.74 Å². The standard InChI is InChI=1S/C11H16N2O2S.ClH/c1-15-9-5-10(16-7-9)11(14)13-8-3-2-4-12-6-8;/h5,7-8,12H,2-4,6H2,1H3,(H,13,14);1H/t8-;/m1./s1. The molecule has 6 heteroatoms. The first-order valence-corrected chi connectivity index (χ1v) is 6.31. The number of methoxy groups -OCH3 is 1. The molecule has 0 saturated carbocycles. The third-order valence-electron chi connectivity index (χ3n) is 2.67. The van der Waals surface area contributed by atoms with Crippen molar-refractivity contribution in [2.24, 2.45) is 0 Å². The molecule has 2 heterocycles. The van der Waals surface area contributed by atoms with Crippen molar-refractivity contribution < 1.29 is 9.53 Å². The van der Waals surface area contributed by atoms with Gasteiger partial charge in [-0.25, -0.2) is 0 Å². The number of thiophene rings is 1. The minimum absolute atomic E-state index is 0. The van der Waals surface area contributed by atoms with Gasteiger partial charge in [0.15, 0.2) is 0 Å². The van der Waals surface area contributed by atoms with E-state index in [1.807, 2.05) is 5.38 Å². The predicted molar refractivity (Wildman–Crippen MR) is 71.5 cm³/mol. The number of ether oxygens (including phenoxy) is 1. The molecule has 4 nitrogen and oxygen atoms in total. The van der Waals surface area contributed by atoms with Crippen molar-refractivity contribution in [3.05, 3.63) is 16.3 Å². The normalized spacial score (nSPS) is 19.2. The summed E-state index contributed by atoms with van der Waals surface area (Å²) in [4.78, 5) is 12.6. The van der Waals surface area contributed by atoms with E-state index in [0.717, 1.165) is 31.7 Å². The second-order valence-electron chi connectivity index (χ2n) is 3.87. The van der Waals surface area contributed by atoms with Crippen LogP contribution in [0.1, 0.15) is 22.5 Å². The zero-order valence-corrected chi connectivity index (χ0v) is 11.3. The van der Waals surface area contributed by atoms with Crippen LogP contribution in [0.5, 0.6) is 5.75 Å². The number of hydrogen-bond acceptors (Lipinski definition) is 4. The summed E-state index contributed by atoms with van der Waals surface area (Å²) in [5.74, 6) is 0.749. The molecule has 1 amide bonds. The molecule has 1 aromatic rings. The largest absolute Gasteiger partial charge is 0.496 e. The molecule has 1 atom stereocenters. The molecule has 0 bridgehead atoms. The molecule has 1 aliphatic heterocycles. The molecule has 1 aromatic heterocycles. The number of carbonyl (C=O) groups is 1. The number of halogens is 1. The van der Waals surface area contributed by atoms with Gasteiger partial charge in [-0.3, -0.25) is 4.79 Å². The number of piperidine rings is 1. The highest BCUT2D eigenvalue weighted by Gasteiger charge is 2.17. The van der Waals surface area contributed by atoms with Gasteiger partial charge in [-0.2, -0.15) is 0 Å². The summed E-state index contributed by atoms with van der Waals surface area (Å²) in [6, 6.07) is 2.03. The fraction of sp³-hybridized carbons (Fsp3) is 0.545. The fourth-order valence-corrected chi connectivity index (χ4v) is 2.53. The minimum Gasteiger partial charge on any atom is -0.496 e. The minimum atomic E-state index is 0. The van der Waals surface area contributed by atoms with Crippen molar-refractivity contribution in [3.63, 3.8) is 0 Å². The Morgan fingerprint density at radius 3 is 3.06 bits per heavy atom. The van der Waals surface area contributed by atoms with Gasteiger partial charge in [0.1, 0.15) is 5.75 Å². The molecule has 1 fully saturated rings. The first-order valence-electron chi connectivity index (χ1n) is 5.43. The van der Waals surface area contributed by atoms with Gasteiger partial charge in [0.05, 0.1) is 12.0 Å². The molecule has 96 valence electrons. The second kappa shape index (κ2) is 6.83. The third kappa shape index (κ3) is 3.87. The van der Waals surface area contributed by atoms with Crippen molar-refractivity contribution in [1.82, 2.24) is 10.6 Å². The van der Waals surface area contributed by atoms with Gasteiger partial charge in [-0.05, 0) is 19.4 Å². The molecule has 0 aromatic carbocycles. The number of hydrogen-bond donors (Lipinski definition) is 2. The first-order chi connectivity index (χ1) is 7.79. The lowest BCUT2D eigenvalue weighted by Crippen LogP contribution is -2.45. The van der Waals surface area contributed by atoms with Crippen LogP contribution >= 0.6 is 23.7 Å². The third-order valence-corrected chi connectivity index (χ3v) is 3.57. The average molecular weight is 277 g/mol. The van der Waals surface area contributed by atoms with Gasteiger partial charge >= 0.3 is 0 Å². The average Bonchev–Trinajstić information content (AvgIpc) is 2.79. The van der Waals surface area contributed by atoms with E-state index in [0.29, 0.717) is 4.88 Å². The summed E-state index contributed by atoms with van der Waals surface area (Å²) < 4.78 is 5.05. The van der Waals surface area contributed by atoms with E-state index < -0.39 is 0 Å². The number of rotatable bonds is 3. The Hall–Kier alpha value is -0.780. The highest BCUT2D eigenvalue weighted by atomic mass is 35.5. The molecular formula is C11H17ClN2O2S. The maximum absolute atomic E-state index is 11.9. The van der Waals surface area contributed by atoms with Crippen molar-refractivity contribution >= 4 is 29.7 Å². The first kappa shape index (κ1) is 14.3. The number of amides is 1. The topological polar surface area (TPSA) is 50.4 Å². The highest BCUT2D eigenvalue weighted by molar-refractivity contribution is 7.12. The molecule has 0 aliphatic carbocycles.